The molecule has 3 fully saturated rings. The molecule has 50 heavy (non-hydrogen) atoms. The van der Waals surface area contributed by atoms with Crippen LogP contribution in [0.3, 0.4) is 0 Å². The highest BCUT2D eigenvalue weighted by atomic mass is 32.1. The number of hydrogen-bond donors (Lipinski definition) is 4. The molecule has 3 aliphatic heterocycles. The van der Waals surface area contributed by atoms with Crippen molar-refractivity contribution in [3.05, 3.63) is 66.2 Å². The first-order valence-corrected chi connectivity index (χ1v) is 17.6. The molecule has 3 aromatic heterocycles. The van der Waals surface area contributed by atoms with Gasteiger partial charge in [-0.3, -0.25) is 24.5 Å². The first-order chi connectivity index (χ1) is 24.2. The van der Waals surface area contributed by atoms with Crippen LogP contribution in [0.15, 0.2) is 54.9 Å². The van der Waals surface area contributed by atoms with Gasteiger partial charge in [0.05, 0.1) is 32.9 Å². The molecule has 4 aromatic rings. The number of nitrogen functional groups attached to an aromatic ring is 1. The lowest BCUT2D eigenvalue weighted by Gasteiger charge is -2.34. The smallest absolute Gasteiger partial charge is 0.315 e. The number of anilines is 1. The molecule has 0 bridgehead atoms. The summed E-state index contributed by atoms with van der Waals surface area (Å²) in [6.07, 6.45) is 5.53. The van der Waals surface area contributed by atoms with E-state index < -0.39 is 5.82 Å². The van der Waals surface area contributed by atoms with Gasteiger partial charge in [0.2, 0.25) is 0 Å². The van der Waals surface area contributed by atoms with Crippen molar-refractivity contribution in [1.29, 1.82) is 0 Å². The number of aromatic nitrogens is 2. The van der Waals surface area contributed by atoms with Crippen LogP contribution < -0.4 is 26.4 Å². The summed E-state index contributed by atoms with van der Waals surface area (Å²) in [5, 5.41) is 8.77. The standard InChI is InChI=1S/C30H32FN5O4S.C5H9N3O/c1-2-3-4-29(38)39-19-28(37)36-13-11-35(12-14-36)18-20-5-7-23(34-17-20)27-16-24-30(41-27)26(9-10-33-24)40-25-8-6-21(32)15-22(25)31;9-5-7-3-1-6-2-4(3)8-5/h5-10,15-17H,2-4,11-14,18-19,32H2,1H3;3-4,6H,1-2H2,(H2,7,8,9). The van der Waals surface area contributed by atoms with Crippen molar-refractivity contribution in [1.82, 2.24) is 35.7 Å². The van der Waals surface area contributed by atoms with Crippen LogP contribution >= 0.6 is 11.3 Å². The molecule has 3 amide bonds. The van der Waals surface area contributed by atoms with Crippen LogP contribution in [0.2, 0.25) is 0 Å². The van der Waals surface area contributed by atoms with E-state index in [-0.39, 0.29) is 30.3 Å². The van der Waals surface area contributed by atoms with E-state index >= 15 is 0 Å². The average Bonchev–Trinajstić information content (AvgIpc) is 3.84. The molecule has 0 spiro atoms. The number of carbonyl (C=O) groups excluding carboxylic acids is 3. The van der Waals surface area contributed by atoms with Crippen molar-refractivity contribution >= 4 is 45.1 Å². The van der Waals surface area contributed by atoms with E-state index in [0.717, 1.165) is 71.9 Å². The molecule has 13 nitrogen and oxygen atoms in total. The van der Waals surface area contributed by atoms with Gasteiger partial charge in [-0.25, -0.2) is 9.18 Å². The summed E-state index contributed by atoms with van der Waals surface area (Å²) in [5.41, 5.74) is 8.60. The van der Waals surface area contributed by atoms with Gasteiger partial charge in [-0.1, -0.05) is 19.4 Å². The summed E-state index contributed by atoms with van der Waals surface area (Å²) in [6, 6.07) is 12.7. The van der Waals surface area contributed by atoms with Gasteiger partial charge in [-0.15, -0.1) is 11.3 Å². The SMILES string of the molecule is CCCCC(=O)OCC(=O)N1CCN(Cc2ccc(-c3cc4nccc(Oc5ccc(N)cc5F)c4s3)nc2)CC1.O=C1NC2CNCC2N1. The third kappa shape index (κ3) is 8.83. The Hall–Kier alpha value is -4.86. The quantitative estimate of drug-likeness (QED) is 0.141. The Morgan fingerprint density at radius 3 is 2.50 bits per heavy atom. The molecular formula is C35H41FN8O5S. The number of fused-ring (bicyclic) bond motifs is 2. The summed E-state index contributed by atoms with van der Waals surface area (Å²) < 4.78 is 26.1. The average molecular weight is 705 g/mol. The number of benzene rings is 1. The molecule has 264 valence electrons. The van der Waals surface area contributed by atoms with Gasteiger partial charge in [-0.05, 0) is 36.2 Å². The van der Waals surface area contributed by atoms with E-state index in [1.165, 1.54) is 23.5 Å². The summed E-state index contributed by atoms with van der Waals surface area (Å²) in [7, 11) is 0. The van der Waals surface area contributed by atoms with Gasteiger partial charge in [0.1, 0.15) is 5.75 Å². The van der Waals surface area contributed by atoms with Crippen molar-refractivity contribution in [2.24, 2.45) is 0 Å². The normalized spacial score (nSPS) is 18.5. The number of pyridine rings is 2. The number of amides is 3. The highest BCUT2D eigenvalue weighted by Gasteiger charge is 2.34. The van der Waals surface area contributed by atoms with Crippen LogP contribution in [0.4, 0.5) is 14.9 Å². The number of esters is 1. The number of rotatable bonds is 10. The van der Waals surface area contributed by atoms with Crippen LogP contribution in [0.25, 0.3) is 20.8 Å². The van der Waals surface area contributed by atoms with Crippen molar-refractivity contribution in [2.75, 3.05) is 51.6 Å². The zero-order valence-corrected chi connectivity index (χ0v) is 28.6. The fraction of sp³-hybridized carbons (Fsp3) is 0.400. The number of nitrogens with one attached hydrogen (secondary N) is 3. The molecule has 2 unspecified atom stereocenters. The van der Waals surface area contributed by atoms with Gasteiger partial charge in [-0.2, -0.15) is 0 Å². The Morgan fingerprint density at radius 2 is 1.80 bits per heavy atom. The van der Waals surface area contributed by atoms with Crippen LogP contribution in [0.5, 0.6) is 11.5 Å². The summed E-state index contributed by atoms with van der Waals surface area (Å²) in [6.45, 7) is 7.01. The highest BCUT2D eigenvalue weighted by Crippen LogP contribution is 2.39. The second-order valence-electron chi connectivity index (χ2n) is 12.4. The van der Waals surface area contributed by atoms with E-state index in [1.54, 1.807) is 23.2 Å². The van der Waals surface area contributed by atoms with Gasteiger partial charge in [0, 0.05) is 82.4 Å². The molecule has 0 saturated carbocycles. The van der Waals surface area contributed by atoms with Crippen molar-refractivity contribution in [3.63, 3.8) is 0 Å². The maximum atomic E-state index is 14.3. The Kier molecular flexibility index (Phi) is 11.4. The summed E-state index contributed by atoms with van der Waals surface area (Å²) in [4.78, 5) is 48.8. The van der Waals surface area contributed by atoms with Crippen molar-refractivity contribution < 1.29 is 28.2 Å². The number of carbonyl (C=O) groups is 3. The lowest BCUT2D eigenvalue weighted by molar-refractivity contribution is -0.152. The molecule has 3 aliphatic rings. The number of hydrogen-bond acceptors (Lipinski definition) is 11. The largest absolute Gasteiger partial charge is 0.456 e. The highest BCUT2D eigenvalue weighted by molar-refractivity contribution is 7.22. The predicted molar refractivity (Wildman–Crippen MR) is 188 cm³/mol. The van der Waals surface area contributed by atoms with E-state index in [1.807, 2.05) is 25.3 Å². The Labute approximate surface area is 293 Å². The Morgan fingerprint density at radius 1 is 1.02 bits per heavy atom. The molecule has 5 N–H and O–H groups in total. The number of urea groups is 1. The molecule has 0 aliphatic carbocycles. The molecular weight excluding hydrogens is 664 g/mol. The van der Waals surface area contributed by atoms with Crippen LogP contribution in [0.1, 0.15) is 31.7 Å². The third-order valence-corrected chi connectivity index (χ3v) is 9.86. The Bertz CT molecular complexity index is 1800. The van der Waals surface area contributed by atoms with Gasteiger partial charge in [0.25, 0.3) is 5.91 Å². The molecule has 7 rings (SSSR count). The number of piperazine rings is 1. The van der Waals surface area contributed by atoms with E-state index in [4.69, 9.17) is 15.2 Å². The lowest BCUT2D eigenvalue weighted by atomic mass is 10.2. The Balaban J connectivity index is 0.000000412. The first kappa shape index (κ1) is 35.0. The van der Waals surface area contributed by atoms with Gasteiger partial charge < -0.3 is 36.1 Å². The third-order valence-electron chi connectivity index (χ3n) is 8.70. The lowest BCUT2D eigenvalue weighted by Crippen LogP contribution is -2.49. The van der Waals surface area contributed by atoms with Crippen molar-refractivity contribution in [2.45, 2.75) is 44.8 Å². The van der Waals surface area contributed by atoms with E-state index in [0.29, 0.717) is 43.0 Å². The number of ether oxygens (including phenoxy) is 2. The minimum Gasteiger partial charge on any atom is -0.456 e. The van der Waals surface area contributed by atoms with Crippen molar-refractivity contribution in [3.8, 4) is 22.1 Å². The molecule has 2 atom stereocenters. The summed E-state index contributed by atoms with van der Waals surface area (Å²) >= 11 is 1.48. The van der Waals surface area contributed by atoms with Crippen LogP contribution in [0, 0.1) is 5.82 Å². The molecule has 1 aromatic carbocycles. The molecule has 15 heteroatoms. The minimum atomic E-state index is -0.527. The zero-order chi connectivity index (χ0) is 35.0. The monoisotopic (exact) mass is 704 g/mol. The van der Waals surface area contributed by atoms with Crippen LogP contribution in [-0.2, 0) is 20.9 Å². The maximum absolute atomic E-state index is 14.3. The first-order valence-electron chi connectivity index (χ1n) is 16.8. The van der Waals surface area contributed by atoms with Gasteiger partial charge in [0.15, 0.2) is 18.2 Å². The molecule has 0 radical (unpaired) electrons. The summed E-state index contributed by atoms with van der Waals surface area (Å²) in [5.74, 6) is -0.381. The number of nitrogens with two attached hydrogens (primary N) is 1. The minimum absolute atomic E-state index is 0.0218. The number of nitrogens with zero attached hydrogens (tertiary/aromatic N) is 4. The number of unbranched alkanes of at least 4 members (excludes halogenated alkanes) is 1. The van der Waals surface area contributed by atoms with Crippen LogP contribution in [-0.4, -0.2) is 95.6 Å². The predicted octanol–water partition coefficient (Wildman–Crippen LogP) is 3.89. The topological polar surface area (TPSA) is 164 Å². The van der Waals surface area contributed by atoms with E-state index in [2.05, 4.69) is 36.9 Å². The second kappa shape index (κ2) is 16.2. The molecule has 6 heterocycles. The molecule has 3 saturated heterocycles. The fourth-order valence-corrected chi connectivity index (χ4v) is 6.95. The zero-order valence-electron chi connectivity index (χ0n) is 27.8. The maximum Gasteiger partial charge on any atom is 0.315 e. The fourth-order valence-electron chi connectivity index (χ4n) is 5.90. The number of thiophene rings is 1. The van der Waals surface area contributed by atoms with E-state index in [9.17, 15) is 18.8 Å². The number of halogens is 1. The van der Waals surface area contributed by atoms with Gasteiger partial charge >= 0.3 is 12.0 Å². The second-order valence-corrected chi connectivity index (χ2v) is 13.4.